The third kappa shape index (κ3) is 5.69. The van der Waals surface area contributed by atoms with Gasteiger partial charge in [-0.3, -0.25) is 9.59 Å². The molecule has 0 bridgehead atoms. The summed E-state index contributed by atoms with van der Waals surface area (Å²) >= 11 is 0. The second kappa shape index (κ2) is 10.2. The number of carbonyl (C=O) groups is 2. The van der Waals surface area contributed by atoms with Gasteiger partial charge in [0, 0.05) is 0 Å². The van der Waals surface area contributed by atoms with Crippen LogP contribution in [0.1, 0.15) is 61.5 Å². The van der Waals surface area contributed by atoms with E-state index in [1.807, 2.05) is 24.3 Å². The van der Waals surface area contributed by atoms with Gasteiger partial charge in [0.15, 0.2) is 0 Å². The molecule has 2 aromatic rings. The van der Waals surface area contributed by atoms with Gasteiger partial charge >= 0.3 is 11.9 Å². The minimum Gasteiger partial charge on any atom is -0.481 e. The van der Waals surface area contributed by atoms with Crippen LogP contribution in [0.3, 0.4) is 0 Å². The second-order valence-corrected chi connectivity index (χ2v) is 8.10. The molecule has 0 aliphatic heterocycles. The van der Waals surface area contributed by atoms with Gasteiger partial charge in [0.1, 0.15) is 0 Å². The highest BCUT2D eigenvalue weighted by atomic mass is 16.5. The van der Waals surface area contributed by atoms with Gasteiger partial charge in [-0.05, 0) is 61.5 Å². The number of hydrogen-bond donors (Lipinski definition) is 1. The zero-order valence-electron chi connectivity index (χ0n) is 17.0. The summed E-state index contributed by atoms with van der Waals surface area (Å²) in [6.07, 6.45) is 5.65. The molecule has 2 fully saturated rings. The normalized spacial score (nSPS) is 25.7. The molecule has 4 unspecified atom stereocenters. The Labute approximate surface area is 172 Å². The van der Waals surface area contributed by atoms with E-state index >= 15 is 0 Å². The number of carboxylic acids is 1. The van der Waals surface area contributed by atoms with Crippen molar-refractivity contribution >= 4 is 11.9 Å². The fraction of sp³-hybridized carbons (Fsp3) is 0.440. The first-order valence-corrected chi connectivity index (χ1v) is 10.5. The van der Waals surface area contributed by atoms with Crippen LogP contribution in [0.2, 0.25) is 0 Å². The summed E-state index contributed by atoms with van der Waals surface area (Å²) in [7, 11) is 1.47. The molecule has 4 nitrogen and oxygen atoms in total. The molecule has 0 saturated heterocycles. The maximum absolute atomic E-state index is 11.4. The van der Waals surface area contributed by atoms with Crippen LogP contribution in [0.4, 0.5) is 0 Å². The molecule has 2 saturated carbocycles. The summed E-state index contributed by atoms with van der Waals surface area (Å²) in [5, 5.41) is 8.88. The van der Waals surface area contributed by atoms with E-state index in [0.29, 0.717) is 11.8 Å². The molecule has 2 aliphatic carbocycles. The predicted octanol–water partition coefficient (Wildman–Crippen LogP) is 5.40. The molecule has 29 heavy (non-hydrogen) atoms. The van der Waals surface area contributed by atoms with Crippen LogP contribution in [0.15, 0.2) is 60.7 Å². The highest BCUT2D eigenvalue weighted by Crippen LogP contribution is 2.39. The Morgan fingerprint density at radius 2 is 1.21 bits per heavy atom. The second-order valence-electron chi connectivity index (χ2n) is 8.10. The van der Waals surface area contributed by atoms with E-state index in [1.165, 1.54) is 18.2 Å². The summed E-state index contributed by atoms with van der Waals surface area (Å²) in [4.78, 5) is 22.1. The molecule has 4 heteroatoms. The molecule has 2 aromatic carbocycles. The van der Waals surface area contributed by atoms with Crippen molar-refractivity contribution in [1.29, 1.82) is 0 Å². The van der Waals surface area contributed by atoms with E-state index < -0.39 is 5.97 Å². The fourth-order valence-corrected chi connectivity index (χ4v) is 4.62. The van der Waals surface area contributed by atoms with Crippen molar-refractivity contribution in [2.24, 2.45) is 11.8 Å². The number of rotatable bonds is 4. The van der Waals surface area contributed by atoms with Crippen LogP contribution in [-0.4, -0.2) is 24.2 Å². The molecule has 4 atom stereocenters. The van der Waals surface area contributed by atoms with E-state index in [1.54, 1.807) is 0 Å². The largest absolute Gasteiger partial charge is 0.481 e. The predicted molar refractivity (Wildman–Crippen MR) is 113 cm³/mol. The minimum atomic E-state index is -0.636. The molecule has 4 rings (SSSR count). The van der Waals surface area contributed by atoms with Crippen molar-refractivity contribution < 1.29 is 19.4 Å². The third-order valence-corrected chi connectivity index (χ3v) is 6.29. The first-order valence-electron chi connectivity index (χ1n) is 10.5. The molecular formula is C25H30O4. The van der Waals surface area contributed by atoms with Gasteiger partial charge in [-0.15, -0.1) is 0 Å². The zero-order chi connectivity index (χ0) is 20.6. The monoisotopic (exact) mass is 394 g/mol. The Hall–Kier alpha value is -2.62. The van der Waals surface area contributed by atoms with Gasteiger partial charge < -0.3 is 9.84 Å². The first kappa shape index (κ1) is 21.1. The van der Waals surface area contributed by atoms with E-state index in [0.717, 1.165) is 38.5 Å². The number of carboxylic acid groups (broad SMARTS) is 1. The van der Waals surface area contributed by atoms with Crippen molar-refractivity contribution in [3.63, 3.8) is 0 Å². The van der Waals surface area contributed by atoms with Crippen LogP contribution in [0.25, 0.3) is 0 Å². The van der Waals surface area contributed by atoms with Gasteiger partial charge in [0.05, 0.1) is 18.9 Å². The van der Waals surface area contributed by atoms with Gasteiger partial charge in [0.25, 0.3) is 0 Å². The molecule has 0 spiro atoms. The fourth-order valence-electron chi connectivity index (χ4n) is 4.62. The Morgan fingerprint density at radius 1 is 0.759 bits per heavy atom. The van der Waals surface area contributed by atoms with E-state index in [9.17, 15) is 9.59 Å². The Balaban J connectivity index is 0.000000166. The Kier molecular flexibility index (Phi) is 7.45. The van der Waals surface area contributed by atoms with Crippen LogP contribution in [-0.2, 0) is 14.3 Å². The molecule has 0 heterocycles. The number of methoxy groups -OCH3 is 1. The molecule has 1 N–H and O–H groups in total. The van der Waals surface area contributed by atoms with E-state index in [-0.39, 0.29) is 17.8 Å². The highest BCUT2D eigenvalue weighted by Gasteiger charge is 2.31. The van der Waals surface area contributed by atoms with Crippen LogP contribution < -0.4 is 0 Å². The smallest absolute Gasteiger partial charge is 0.308 e. The van der Waals surface area contributed by atoms with Gasteiger partial charge in [-0.25, -0.2) is 0 Å². The number of esters is 1. The lowest BCUT2D eigenvalue weighted by Crippen LogP contribution is -2.12. The quantitative estimate of drug-likeness (QED) is 0.706. The van der Waals surface area contributed by atoms with Crippen LogP contribution >= 0.6 is 0 Å². The van der Waals surface area contributed by atoms with Crippen LogP contribution in [0.5, 0.6) is 0 Å². The molecular weight excluding hydrogens is 364 g/mol. The molecule has 0 amide bonds. The lowest BCUT2D eigenvalue weighted by atomic mass is 9.96. The average molecular weight is 395 g/mol. The summed E-state index contributed by atoms with van der Waals surface area (Å²) < 4.78 is 4.78. The maximum atomic E-state index is 11.4. The van der Waals surface area contributed by atoms with Crippen molar-refractivity contribution in [3.8, 4) is 0 Å². The summed E-state index contributed by atoms with van der Waals surface area (Å²) in [5.74, 6) is 0.296. The van der Waals surface area contributed by atoms with Crippen molar-refractivity contribution in [2.75, 3.05) is 7.11 Å². The number of hydrogen-bond acceptors (Lipinski definition) is 3. The van der Waals surface area contributed by atoms with Crippen molar-refractivity contribution in [3.05, 3.63) is 71.8 Å². The van der Waals surface area contributed by atoms with Crippen LogP contribution in [0, 0.1) is 11.8 Å². The van der Waals surface area contributed by atoms with Gasteiger partial charge in [-0.1, -0.05) is 60.7 Å². The van der Waals surface area contributed by atoms with Crippen molar-refractivity contribution in [2.45, 2.75) is 50.4 Å². The number of ether oxygens (including phenoxy) is 1. The van der Waals surface area contributed by atoms with Gasteiger partial charge in [-0.2, -0.15) is 0 Å². The third-order valence-electron chi connectivity index (χ3n) is 6.29. The first-order chi connectivity index (χ1) is 14.1. The average Bonchev–Trinajstić information content (AvgIpc) is 3.45. The van der Waals surface area contributed by atoms with Crippen molar-refractivity contribution in [1.82, 2.24) is 0 Å². The lowest BCUT2D eigenvalue weighted by molar-refractivity contribution is -0.145. The molecule has 0 aromatic heterocycles. The number of aliphatic carboxylic acids is 1. The Bertz CT molecular complexity index is 787. The lowest BCUT2D eigenvalue weighted by Gasteiger charge is -2.10. The summed E-state index contributed by atoms with van der Waals surface area (Å²) in [6.45, 7) is 0. The number of benzene rings is 2. The zero-order valence-corrected chi connectivity index (χ0v) is 17.0. The summed E-state index contributed by atoms with van der Waals surface area (Å²) in [5.41, 5.74) is 2.64. The summed E-state index contributed by atoms with van der Waals surface area (Å²) in [6, 6.07) is 20.6. The number of carbonyl (C=O) groups excluding carboxylic acids is 1. The molecule has 0 radical (unpaired) electrons. The highest BCUT2D eigenvalue weighted by molar-refractivity contribution is 5.72. The van der Waals surface area contributed by atoms with Gasteiger partial charge in [0.2, 0.25) is 0 Å². The SMILES string of the molecule is COC(=O)C1CCC(c2ccccc2)C1.O=C(O)C1CCC(c2ccccc2)C1. The van der Waals surface area contributed by atoms with E-state index in [4.69, 9.17) is 9.84 Å². The standard InChI is InChI=1S/C13H16O2.C12H14O2/c1-15-13(14)12-8-7-11(9-12)10-5-3-2-4-6-10;13-12(14)11-7-6-10(8-11)9-4-2-1-3-5-9/h2-6,11-12H,7-9H2,1H3;1-5,10-11H,6-8H2,(H,13,14). The minimum absolute atomic E-state index is 0.0477. The molecule has 2 aliphatic rings. The molecule has 154 valence electrons. The van der Waals surface area contributed by atoms with E-state index in [2.05, 4.69) is 36.4 Å². The topological polar surface area (TPSA) is 63.6 Å². The maximum Gasteiger partial charge on any atom is 0.308 e. The Morgan fingerprint density at radius 3 is 1.62 bits per heavy atom.